The predicted molar refractivity (Wildman–Crippen MR) is 27.1 cm³/mol. The number of rotatable bonds is 0. The first-order chi connectivity index (χ1) is 3.47. The summed E-state index contributed by atoms with van der Waals surface area (Å²) in [5.41, 5.74) is 0. The SMILES string of the molecule is C1CC[C@H]2OC2C1. The average molecular weight is 98.1 g/mol. The lowest BCUT2D eigenvalue weighted by molar-refractivity contribution is 0.373. The van der Waals surface area contributed by atoms with Gasteiger partial charge in [0.05, 0.1) is 12.2 Å². The van der Waals surface area contributed by atoms with Crippen molar-refractivity contribution in [3.63, 3.8) is 0 Å². The molecule has 0 aromatic heterocycles. The van der Waals surface area contributed by atoms with Crippen LogP contribution in [0.25, 0.3) is 0 Å². The lowest BCUT2D eigenvalue weighted by Gasteiger charge is -2.00. The van der Waals surface area contributed by atoms with E-state index in [0.717, 1.165) is 0 Å². The Morgan fingerprint density at radius 1 is 1.00 bits per heavy atom. The molecular formula is C6H10O. The maximum atomic E-state index is 5.28. The monoisotopic (exact) mass is 98.1 g/mol. The van der Waals surface area contributed by atoms with Crippen molar-refractivity contribution in [3.05, 3.63) is 0 Å². The Bertz CT molecular complexity index is 70.2. The van der Waals surface area contributed by atoms with Gasteiger partial charge in [-0.3, -0.25) is 0 Å². The molecule has 7 heavy (non-hydrogen) atoms. The molecule has 2 atom stereocenters. The zero-order valence-electron chi connectivity index (χ0n) is 4.39. The van der Waals surface area contributed by atoms with Crippen LogP contribution in [0.3, 0.4) is 0 Å². The van der Waals surface area contributed by atoms with E-state index >= 15 is 0 Å². The van der Waals surface area contributed by atoms with E-state index < -0.39 is 0 Å². The third-order valence-electron chi connectivity index (χ3n) is 1.91. The fourth-order valence-corrected chi connectivity index (χ4v) is 1.38. The Kier molecular flexibility index (Phi) is 0.680. The maximum Gasteiger partial charge on any atom is 0.0841 e. The molecule has 1 aliphatic heterocycles. The van der Waals surface area contributed by atoms with Crippen LogP contribution in [-0.4, -0.2) is 12.2 Å². The minimum atomic E-state index is 0.703. The molecule has 40 valence electrons. The van der Waals surface area contributed by atoms with Gasteiger partial charge in [-0.2, -0.15) is 0 Å². The minimum absolute atomic E-state index is 0.703. The second-order valence-corrected chi connectivity index (χ2v) is 2.50. The highest BCUT2D eigenvalue weighted by atomic mass is 16.6. The van der Waals surface area contributed by atoms with E-state index in [9.17, 15) is 0 Å². The van der Waals surface area contributed by atoms with Crippen LogP contribution in [0, 0.1) is 0 Å². The third-order valence-corrected chi connectivity index (χ3v) is 1.91. The van der Waals surface area contributed by atoms with E-state index in [4.69, 9.17) is 4.74 Å². The molecule has 1 unspecified atom stereocenters. The van der Waals surface area contributed by atoms with E-state index in [0.29, 0.717) is 12.2 Å². The number of hydrogen-bond acceptors (Lipinski definition) is 1. The summed E-state index contributed by atoms with van der Waals surface area (Å²) in [6.45, 7) is 0. The summed E-state index contributed by atoms with van der Waals surface area (Å²) in [5.74, 6) is 0. The Morgan fingerprint density at radius 2 is 1.57 bits per heavy atom. The molecule has 0 bridgehead atoms. The molecule has 1 aliphatic carbocycles. The van der Waals surface area contributed by atoms with Gasteiger partial charge in [0.25, 0.3) is 0 Å². The van der Waals surface area contributed by atoms with Gasteiger partial charge in [-0.05, 0) is 12.8 Å². The highest BCUT2D eigenvalue weighted by Gasteiger charge is 2.39. The first-order valence-electron chi connectivity index (χ1n) is 3.12. The van der Waals surface area contributed by atoms with Gasteiger partial charge in [0.15, 0.2) is 0 Å². The molecule has 1 heteroatoms. The summed E-state index contributed by atoms with van der Waals surface area (Å²) in [6.07, 6.45) is 6.89. The molecule has 2 rings (SSSR count). The standard InChI is InChI=1S/C6H10O/c1-2-4-6-5(3-1)7-6/h5-6H,1-4H2/t5-,6?/m1/s1. The molecule has 2 fully saturated rings. The first-order valence-corrected chi connectivity index (χ1v) is 3.12. The van der Waals surface area contributed by atoms with Gasteiger partial charge in [0, 0.05) is 0 Å². The van der Waals surface area contributed by atoms with E-state index in [1.54, 1.807) is 0 Å². The molecule has 0 aromatic carbocycles. The highest BCUT2D eigenvalue weighted by Crippen LogP contribution is 2.35. The van der Waals surface area contributed by atoms with Crippen LogP contribution in [0.2, 0.25) is 0 Å². The van der Waals surface area contributed by atoms with Gasteiger partial charge < -0.3 is 4.74 Å². The second kappa shape index (κ2) is 1.22. The highest BCUT2D eigenvalue weighted by molar-refractivity contribution is 4.87. The van der Waals surface area contributed by atoms with Crippen LogP contribution in [-0.2, 0) is 4.74 Å². The van der Waals surface area contributed by atoms with Gasteiger partial charge in [0.2, 0.25) is 0 Å². The number of fused-ring (bicyclic) bond motifs is 1. The smallest absolute Gasteiger partial charge is 0.0841 e. The Hall–Kier alpha value is -0.0400. The molecule has 0 radical (unpaired) electrons. The van der Waals surface area contributed by atoms with Gasteiger partial charge >= 0.3 is 0 Å². The fourth-order valence-electron chi connectivity index (χ4n) is 1.38. The van der Waals surface area contributed by atoms with Crippen molar-refractivity contribution in [2.24, 2.45) is 0 Å². The topological polar surface area (TPSA) is 12.5 Å². The van der Waals surface area contributed by atoms with E-state index in [2.05, 4.69) is 0 Å². The molecule has 1 saturated heterocycles. The summed E-state index contributed by atoms with van der Waals surface area (Å²) >= 11 is 0. The zero-order chi connectivity index (χ0) is 4.69. The minimum Gasteiger partial charge on any atom is -0.370 e. The molecule has 2 aliphatic rings. The van der Waals surface area contributed by atoms with Crippen molar-refractivity contribution in [1.29, 1.82) is 0 Å². The molecule has 1 heterocycles. The quantitative estimate of drug-likeness (QED) is 0.416. The van der Waals surface area contributed by atoms with Crippen LogP contribution in [0.5, 0.6) is 0 Å². The summed E-state index contributed by atoms with van der Waals surface area (Å²) in [5, 5.41) is 0. The molecule has 0 N–H and O–H groups in total. The van der Waals surface area contributed by atoms with Gasteiger partial charge in [-0.25, -0.2) is 0 Å². The third kappa shape index (κ3) is 0.556. The van der Waals surface area contributed by atoms with Crippen LogP contribution in [0.1, 0.15) is 25.7 Å². The lowest BCUT2D eigenvalue weighted by atomic mass is 10.0. The number of ether oxygens (including phenoxy) is 1. The summed E-state index contributed by atoms with van der Waals surface area (Å²) < 4.78 is 5.28. The lowest BCUT2D eigenvalue weighted by Crippen LogP contribution is -2.00. The molecule has 0 aromatic rings. The summed E-state index contributed by atoms with van der Waals surface area (Å²) in [7, 11) is 0. The van der Waals surface area contributed by atoms with E-state index in [1.807, 2.05) is 0 Å². The van der Waals surface area contributed by atoms with Crippen molar-refractivity contribution in [2.45, 2.75) is 37.9 Å². The molecule has 1 saturated carbocycles. The van der Waals surface area contributed by atoms with Gasteiger partial charge in [0.1, 0.15) is 0 Å². The normalized spacial score (nSPS) is 48.0. The molecular weight excluding hydrogens is 88.1 g/mol. The second-order valence-electron chi connectivity index (χ2n) is 2.50. The number of hydrogen-bond donors (Lipinski definition) is 0. The molecule has 1 nitrogen and oxygen atoms in total. The van der Waals surface area contributed by atoms with Crippen LogP contribution in [0.15, 0.2) is 0 Å². The van der Waals surface area contributed by atoms with Crippen molar-refractivity contribution in [1.82, 2.24) is 0 Å². The Morgan fingerprint density at radius 3 is 2.00 bits per heavy atom. The van der Waals surface area contributed by atoms with Crippen molar-refractivity contribution in [2.75, 3.05) is 0 Å². The van der Waals surface area contributed by atoms with Crippen LogP contribution < -0.4 is 0 Å². The van der Waals surface area contributed by atoms with Crippen molar-refractivity contribution >= 4 is 0 Å². The first kappa shape index (κ1) is 3.90. The van der Waals surface area contributed by atoms with Gasteiger partial charge in [-0.1, -0.05) is 12.8 Å². The van der Waals surface area contributed by atoms with E-state index in [1.165, 1.54) is 25.7 Å². The Labute approximate surface area is 43.7 Å². The fraction of sp³-hybridized carbons (Fsp3) is 1.00. The number of epoxide rings is 1. The van der Waals surface area contributed by atoms with Crippen molar-refractivity contribution < 1.29 is 4.74 Å². The van der Waals surface area contributed by atoms with Gasteiger partial charge in [-0.15, -0.1) is 0 Å². The van der Waals surface area contributed by atoms with Crippen molar-refractivity contribution in [3.8, 4) is 0 Å². The molecule has 0 spiro atoms. The maximum absolute atomic E-state index is 5.28. The predicted octanol–water partition coefficient (Wildman–Crippen LogP) is 1.33. The summed E-state index contributed by atoms with van der Waals surface area (Å²) in [4.78, 5) is 0. The zero-order valence-corrected chi connectivity index (χ0v) is 4.39. The molecule has 0 amide bonds. The van der Waals surface area contributed by atoms with Crippen LogP contribution >= 0.6 is 0 Å². The summed E-state index contributed by atoms with van der Waals surface area (Å²) in [6, 6.07) is 0. The Balaban J connectivity index is 1.95. The average Bonchev–Trinajstić information content (AvgIpc) is 2.41. The van der Waals surface area contributed by atoms with E-state index in [-0.39, 0.29) is 0 Å². The largest absolute Gasteiger partial charge is 0.370 e. The van der Waals surface area contributed by atoms with Crippen LogP contribution in [0.4, 0.5) is 0 Å².